The Morgan fingerprint density at radius 2 is 1.83 bits per heavy atom. The van der Waals surface area contributed by atoms with Gasteiger partial charge in [-0.3, -0.25) is 0 Å². The lowest BCUT2D eigenvalue weighted by atomic mass is 10.1. The summed E-state index contributed by atoms with van der Waals surface area (Å²) in [4.78, 5) is 0. The minimum absolute atomic E-state index is 0.417. The summed E-state index contributed by atoms with van der Waals surface area (Å²) in [6.45, 7) is 1.78. The molecule has 1 aromatic rings. The van der Waals surface area contributed by atoms with Crippen molar-refractivity contribution in [3.05, 3.63) is 35.4 Å². The first kappa shape index (κ1) is 9.22. The van der Waals surface area contributed by atoms with Gasteiger partial charge in [-0.05, 0) is 18.1 Å². The van der Waals surface area contributed by atoms with Crippen molar-refractivity contribution in [1.29, 1.82) is 0 Å². The van der Waals surface area contributed by atoms with E-state index < -0.39 is 15.9 Å². The van der Waals surface area contributed by atoms with E-state index in [2.05, 4.69) is 0 Å². The van der Waals surface area contributed by atoms with Crippen LogP contribution in [0.5, 0.6) is 0 Å². The smallest absolute Gasteiger partial charge is 0.197 e. The zero-order valence-corrected chi connectivity index (χ0v) is 7.47. The van der Waals surface area contributed by atoms with Crippen molar-refractivity contribution >= 4 is 10.1 Å². The summed E-state index contributed by atoms with van der Waals surface area (Å²) in [5.41, 5.74) is 1.41. The van der Waals surface area contributed by atoms with Crippen LogP contribution in [-0.4, -0.2) is 8.42 Å². The molecule has 4 heteroatoms. The van der Waals surface area contributed by atoms with Gasteiger partial charge < -0.3 is 0 Å². The fraction of sp³-hybridized carbons (Fsp3) is 0.250. The molecule has 0 fully saturated rings. The van der Waals surface area contributed by atoms with E-state index in [1.807, 2.05) is 0 Å². The van der Waals surface area contributed by atoms with E-state index in [9.17, 15) is 13.0 Å². The lowest BCUT2D eigenvalue weighted by molar-refractivity contribution is 0.413. The maximum absolute atomic E-state index is 10.4. The standard InChI is InChI=1S/C8H9O3S/c1-7-4-2-3-5-8(7)6-12(9,10)11/h2-5H,6H2,1H3. The van der Waals surface area contributed by atoms with Gasteiger partial charge in [-0.15, -0.1) is 0 Å². The van der Waals surface area contributed by atoms with Crippen LogP contribution >= 0.6 is 0 Å². The second kappa shape index (κ2) is 3.25. The monoisotopic (exact) mass is 185 g/mol. The lowest BCUT2D eigenvalue weighted by Gasteiger charge is -2.00. The van der Waals surface area contributed by atoms with Crippen LogP contribution in [0.3, 0.4) is 0 Å². The highest BCUT2D eigenvalue weighted by molar-refractivity contribution is 7.84. The third-order valence-electron chi connectivity index (χ3n) is 1.59. The van der Waals surface area contributed by atoms with Gasteiger partial charge in [-0.2, -0.15) is 8.42 Å². The predicted molar refractivity (Wildman–Crippen MR) is 44.5 cm³/mol. The van der Waals surface area contributed by atoms with Crippen LogP contribution < -0.4 is 0 Å². The molecule has 0 bridgehead atoms. The fourth-order valence-corrected chi connectivity index (χ4v) is 1.67. The normalized spacial score (nSPS) is 11.5. The van der Waals surface area contributed by atoms with Gasteiger partial charge in [-0.25, -0.2) is 0 Å². The van der Waals surface area contributed by atoms with Crippen molar-refractivity contribution in [2.75, 3.05) is 0 Å². The van der Waals surface area contributed by atoms with Gasteiger partial charge in [0.25, 0.3) is 10.1 Å². The lowest BCUT2D eigenvalue weighted by Crippen LogP contribution is -2.01. The molecule has 0 atom stereocenters. The third kappa shape index (κ3) is 2.64. The largest absolute Gasteiger partial charge is 0.298 e. The third-order valence-corrected chi connectivity index (χ3v) is 2.26. The number of aryl methyl sites for hydroxylation is 1. The molecular formula is C8H9O3S. The van der Waals surface area contributed by atoms with Crippen molar-refractivity contribution in [2.45, 2.75) is 12.7 Å². The van der Waals surface area contributed by atoms with Crippen molar-refractivity contribution in [2.24, 2.45) is 0 Å². The molecule has 65 valence electrons. The summed E-state index contributed by atoms with van der Waals surface area (Å²) in [7, 11) is -4.15. The molecule has 0 aliphatic heterocycles. The number of hydrogen-bond acceptors (Lipinski definition) is 2. The van der Waals surface area contributed by atoms with E-state index in [-0.39, 0.29) is 0 Å². The van der Waals surface area contributed by atoms with Crippen molar-refractivity contribution in [1.82, 2.24) is 0 Å². The van der Waals surface area contributed by atoms with Gasteiger partial charge in [0.2, 0.25) is 0 Å². The highest BCUT2D eigenvalue weighted by atomic mass is 32.2. The van der Waals surface area contributed by atoms with Crippen LogP contribution in [-0.2, 0) is 20.4 Å². The van der Waals surface area contributed by atoms with Crippen LogP contribution in [0, 0.1) is 6.92 Å². The molecule has 1 rings (SSSR count). The first-order valence-electron chi connectivity index (χ1n) is 3.47. The Bertz CT molecular complexity index is 368. The van der Waals surface area contributed by atoms with E-state index in [4.69, 9.17) is 0 Å². The van der Waals surface area contributed by atoms with Gasteiger partial charge in [0.15, 0.2) is 0 Å². The molecule has 1 radical (unpaired) electrons. The molecule has 0 saturated heterocycles. The summed E-state index contributed by atoms with van der Waals surface area (Å²) in [6.07, 6.45) is 0. The Morgan fingerprint density at radius 3 is 2.33 bits per heavy atom. The second-order valence-electron chi connectivity index (χ2n) is 2.63. The Morgan fingerprint density at radius 1 is 1.25 bits per heavy atom. The second-order valence-corrected chi connectivity index (χ2v) is 4.03. The van der Waals surface area contributed by atoms with Crippen LogP contribution in [0.25, 0.3) is 0 Å². The van der Waals surface area contributed by atoms with Crippen LogP contribution in [0.15, 0.2) is 24.3 Å². The maximum Gasteiger partial charge on any atom is 0.298 e. The number of hydrogen-bond donors (Lipinski definition) is 0. The summed E-state index contributed by atoms with van der Waals surface area (Å²) < 4.78 is 31.2. The summed E-state index contributed by atoms with van der Waals surface area (Å²) >= 11 is 0. The van der Waals surface area contributed by atoms with Crippen LogP contribution in [0.2, 0.25) is 0 Å². The fourth-order valence-electron chi connectivity index (χ4n) is 0.962. The van der Waals surface area contributed by atoms with E-state index in [0.717, 1.165) is 5.56 Å². The predicted octanol–water partition coefficient (Wildman–Crippen LogP) is 1.26. The first-order valence-corrected chi connectivity index (χ1v) is 5.05. The quantitative estimate of drug-likeness (QED) is 0.696. The summed E-state index contributed by atoms with van der Waals surface area (Å²) in [6, 6.07) is 6.94. The van der Waals surface area contributed by atoms with Crippen LogP contribution in [0.4, 0.5) is 0 Å². The highest BCUT2D eigenvalue weighted by Gasteiger charge is 2.09. The zero-order valence-electron chi connectivity index (χ0n) is 6.65. The zero-order chi connectivity index (χ0) is 9.19. The van der Waals surface area contributed by atoms with Crippen molar-refractivity contribution in [3.8, 4) is 0 Å². The van der Waals surface area contributed by atoms with Gasteiger partial charge in [-0.1, -0.05) is 28.8 Å². The van der Waals surface area contributed by atoms with Crippen molar-refractivity contribution in [3.63, 3.8) is 0 Å². The van der Waals surface area contributed by atoms with Gasteiger partial charge in [0, 0.05) is 0 Å². The van der Waals surface area contributed by atoms with Gasteiger partial charge >= 0.3 is 0 Å². The molecule has 12 heavy (non-hydrogen) atoms. The van der Waals surface area contributed by atoms with Crippen LogP contribution in [0.1, 0.15) is 11.1 Å². The van der Waals surface area contributed by atoms with Gasteiger partial charge in [0.1, 0.15) is 5.75 Å². The minimum atomic E-state index is -4.15. The highest BCUT2D eigenvalue weighted by Crippen LogP contribution is 2.10. The molecule has 0 unspecified atom stereocenters. The molecule has 0 heterocycles. The molecule has 0 aliphatic carbocycles. The molecular weight excluding hydrogens is 176 g/mol. The number of benzene rings is 1. The first-order chi connectivity index (χ1) is 5.49. The molecule has 3 nitrogen and oxygen atoms in total. The summed E-state index contributed by atoms with van der Waals surface area (Å²) in [5, 5.41) is 0. The maximum atomic E-state index is 10.4. The molecule has 0 aliphatic rings. The average molecular weight is 185 g/mol. The topological polar surface area (TPSA) is 54.0 Å². The molecule has 1 aromatic carbocycles. The Kier molecular flexibility index (Phi) is 2.49. The SMILES string of the molecule is Cc1ccccc1CS([O])(=O)=O. The Balaban J connectivity index is 2.98. The van der Waals surface area contributed by atoms with E-state index in [1.54, 1.807) is 31.2 Å². The molecule has 0 aromatic heterocycles. The molecule has 0 spiro atoms. The van der Waals surface area contributed by atoms with E-state index in [0.29, 0.717) is 5.56 Å². The van der Waals surface area contributed by atoms with E-state index in [1.165, 1.54) is 0 Å². The molecule has 0 amide bonds. The average Bonchev–Trinajstić information content (AvgIpc) is 1.91. The molecule has 0 N–H and O–H groups in total. The Hall–Kier alpha value is -0.870. The molecule has 0 saturated carbocycles. The van der Waals surface area contributed by atoms with Crippen molar-refractivity contribution < 1.29 is 13.0 Å². The number of rotatable bonds is 2. The van der Waals surface area contributed by atoms with Gasteiger partial charge in [0.05, 0.1) is 0 Å². The van der Waals surface area contributed by atoms with E-state index >= 15 is 0 Å². The Labute approximate surface area is 71.8 Å². The summed E-state index contributed by atoms with van der Waals surface area (Å²) in [5.74, 6) is -0.417. The minimum Gasteiger partial charge on any atom is -0.197 e.